The number of benzene rings is 1. The zero-order valence-electron chi connectivity index (χ0n) is 9.50. The Morgan fingerprint density at radius 3 is 3.12 bits per heavy atom. The van der Waals surface area contributed by atoms with E-state index in [4.69, 9.17) is 0 Å². The van der Waals surface area contributed by atoms with Crippen molar-refractivity contribution in [1.82, 2.24) is 9.55 Å². The van der Waals surface area contributed by atoms with Gasteiger partial charge in [0.25, 0.3) is 0 Å². The SMILES string of the molecule is C=CCc1cnc2n1-c1ccccc1C=NC2. The highest BCUT2D eigenvalue weighted by molar-refractivity contribution is 5.85. The van der Waals surface area contributed by atoms with E-state index in [-0.39, 0.29) is 0 Å². The van der Waals surface area contributed by atoms with Gasteiger partial charge < -0.3 is 0 Å². The van der Waals surface area contributed by atoms with E-state index in [1.165, 1.54) is 0 Å². The first-order chi connectivity index (χ1) is 8.40. The van der Waals surface area contributed by atoms with Crippen LogP contribution < -0.4 is 0 Å². The number of rotatable bonds is 2. The molecule has 17 heavy (non-hydrogen) atoms. The maximum absolute atomic E-state index is 4.44. The lowest BCUT2D eigenvalue weighted by molar-refractivity contribution is 0.853. The van der Waals surface area contributed by atoms with Crippen molar-refractivity contribution in [3.8, 4) is 5.69 Å². The summed E-state index contributed by atoms with van der Waals surface area (Å²) in [5, 5.41) is 0. The van der Waals surface area contributed by atoms with Crippen LogP contribution in [-0.4, -0.2) is 15.8 Å². The van der Waals surface area contributed by atoms with Crippen molar-refractivity contribution in [3.05, 3.63) is 60.2 Å². The molecule has 3 nitrogen and oxygen atoms in total. The van der Waals surface area contributed by atoms with E-state index < -0.39 is 0 Å². The third-order valence-electron chi connectivity index (χ3n) is 2.90. The molecule has 1 aromatic heterocycles. The van der Waals surface area contributed by atoms with Gasteiger partial charge in [-0.2, -0.15) is 0 Å². The van der Waals surface area contributed by atoms with E-state index in [0.717, 1.165) is 29.2 Å². The third kappa shape index (κ3) is 1.60. The summed E-state index contributed by atoms with van der Waals surface area (Å²) in [4.78, 5) is 8.83. The second-order valence-corrected chi connectivity index (χ2v) is 4.02. The van der Waals surface area contributed by atoms with Gasteiger partial charge >= 0.3 is 0 Å². The number of hydrogen-bond donors (Lipinski definition) is 0. The molecular formula is C14H13N3. The predicted molar refractivity (Wildman–Crippen MR) is 68.8 cm³/mol. The van der Waals surface area contributed by atoms with Crippen LogP contribution in [0.4, 0.5) is 0 Å². The van der Waals surface area contributed by atoms with Crippen molar-refractivity contribution >= 4 is 6.21 Å². The molecule has 0 unspecified atom stereocenters. The first-order valence-electron chi connectivity index (χ1n) is 5.66. The first-order valence-corrected chi connectivity index (χ1v) is 5.66. The quantitative estimate of drug-likeness (QED) is 0.719. The molecule has 1 aliphatic heterocycles. The summed E-state index contributed by atoms with van der Waals surface area (Å²) in [6, 6.07) is 8.25. The fourth-order valence-corrected chi connectivity index (χ4v) is 2.15. The predicted octanol–water partition coefficient (Wildman–Crippen LogP) is 2.53. The molecule has 0 bridgehead atoms. The molecular weight excluding hydrogens is 210 g/mol. The van der Waals surface area contributed by atoms with E-state index >= 15 is 0 Å². The highest BCUT2D eigenvalue weighted by Crippen LogP contribution is 2.21. The van der Waals surface area contributed by atoms with Crippen molar-refractivity contribution in [2.24, 2.45) is 4.99 Å². The highest BCUT2D eigenvalue weighted by atomic mass is 15.1. The van der Waals surface area contributed by atoms with E-state index in [9.17, 15) is 0 Å². The zero-order chi connectivity index (χ0) is 11.7. The van der Waals surface area contributed by atoms with Crippen LogP contribution in [0.1, 0.15) is 17.1 Å². The number of fused-ring (bicyclic) bond motifs is 3. The summed E-state index contributed by atoms with van der Waals surface area (Å²) in [5.41, 5.74) is 3.45. The Kier molecular flexibility index (Phi) is 2.37. The van der Waals surface area contributed by atoms with Crippen LogP contribution in [0.5, 0.6) is 0 Å². The van der Waals surface area contributed by atoms with Crippen LogP contribution in [0.2, 0.25) is 0 Å². The van der Waals surface area contributed by atoms with E-state index in [2.05, 4.69) is 33.3 Å². The third-order valence-corrected chi connectivity index (χ3v) is 2.90. The zero-order valence-corrected chi connectivity index (χ0v) is 9.50. The molecule has 0 spiro atoms. The molecule has 0 saturated carbocycles. The monoisotopic (exact) mass is 223 g/mol. The highest BCUT2D eigenvalue weighted by Gasteiger charge is 2.14. The van der Waals surface area contributed by atoms with Crippen LogP contribution in [-0.2, 0) is 13.0 Å². The molecule has 3 heteroatoms. The van der Waals surface area contributed by atoms with Crippen molar-refractivity contribution in [3.63, 3.8) is 0 Å². The second-order valence-electron chi connectivity index (χ2n) is 4.02. The lowest BCUT2D eigenvalue weighted by Crippen LogP contribution is -2.04. The van der Waals surface area contributed by atoms with Crippen LogP contribution >= 0.6 is 0 Å². The molecule has 0 aliphatic carbocycles. The summed E-state index contributed by atoms with van der Waals surface area (Å²) in [5.74, 6) is 0.989. The minimum Gasteiger partial charge on any atom is -0.298 e. The number of aliphatic imine (C=N–C) groups is 1. The fraction of sp³-hybridized carbons (Fsp3) is 0.143. The lowest BCUT2D eigenvalue weighted by Gasteiger charge is -2.10. The molecule has 0 amide bonds. The number of nitrogens with zero attached hydrogens (tertiary/aromatic N) is 3. The largest absolute Gasteiger partial charge is 0.298 e. The van der Waals surface area contributed by atoms with Gasteiger partial charge in [-0.3, -0.25) is 9.56 Å². The van der Waals surface area contributed by atoms with Gasteiger partial charge in [-0.1, -0.05) is 24.3 Å². The summed E-state index contributed by atoms with van der Waals surface area (Å²) >= 11 is 0. The van der Waals surface area contributed by atoms with Crippen molar-refractivity contribution in [1.29, 1.82) is 0 Å². The van der Waals surface area contributed by atoms with Crippen LogP contribution in [0, 0.1) is 0 Å². The van der Waals surface area contributed by atoms with Gasteiger partial charge in [-0.25, -0.2) is 4.98 Å². The molecule has 0 saturated heterocycles. The maximum Gasteiger partial charge on any atom is 0.135 e. The minimum atomic E-state index is 0.631. The molecule has 2 aromatic rings. The number of hydrogen-bond acceptors (Lipinski definition) is 2. The topological polar surface area (TPSA) is 30.2 Å². The van der Waals surface area contributed by atoms with Crippen molar-refractivity contribution in [2.75, 3.05) is 0 Å². The van der Waals surface area contributed by atoms with Crippen LogP contribution in [0.3, 0.4) is 0 Å². The van der Waals surface area contributed by atoms with E-state index in [1.54, 1.807) is 0 Å². The number of imidazole rings is 1. The molecule has 1 aromatic carbocycles. The van der Waals surface area contributed by atoms with Gasteiger partial charge in [-0.05, 0) is 6.07 Å². The van der Waals surface area contributed by atoms with Crippen LogP contribution in [0.25, 0.3) is 5.69 Å². The molecule has 0 N–H and O–H groups in total. The Morgan fingerprint density at radius 1 is 1.35 bits per heavy atom. The normalized spacial score (nSPS) is 12.7. The summed E-state index contributed by atoms with van der Waals surface area (Å²) in [6.45, 7) is 4.42. The Hall–Kier alpha value is -2.16. The summed E-state index contributed by atoms with van der Waals surface area (Å²) in [6.07, 6.45) is 6.55. The number of aromatic nitrogens is 2. The van der Waals surface area contributed by atoms with Gasteiger partial charge in [0.1, 0.15) is 5.82 Å². The Balaban J connectivity index is 2.26. The van der Waals surface area contributed by atoms with Crippen molar-refractivity contribution < 1.29 is 0 Å². The Morgan fingerprint density at radius 2 is 2.24 bits per heavy atom. The lowest BCUT2D eigenvalue weighted by atomic mass is 10.2. The standard InChI is InChI=1S/C14H13N3/c1-2-5-12-9-16-14-10-15-8-11-6-3-4-7-13(11)17(12)14/h2-4,6-9H,1,5,10H2. The molecule has 3 rings (SSSR count). The molecule has 2 heterocycles. The van der Waals surface area contributed by atoms with E-state index in [0.29, 0.717) is 6.54 Å². The molecule has 0 radical (unpaired) electrons. The average Bonchev–Trinajstić information content (AvgIpc) is 2.65. The molecule has 84 valence electrons. The average molecular weight is 223 g/mol. The maximum atomic E-state index is 4.44. The van der Waals surface area contributed by atoms with Gasteiger partial charge in [0, 0.05) is 30.1 Å². The molecule has 0 fully saturated rings. The summed E-state index contributed by atoms with van der Waals surface area (Å²) in [7, 11) is 0. The van der Waals surface area contributed by atoms with E-state index in [1.807, 2.05) is 30.6 Å². The number of para-hydroxylation sites is 1. The fourth-order valence-electron chi connectivity index (χ4n) is 2.15. The van der Waals surface area contributed by atoms with Crippen LogP contribution in [0.15, 0.2) is 48.1 Å². The summed E-state index contributed by atoms with van der Waals surface area (Å²) < 4.78 is 2.18. The second kappa shape index (κ2) is 4.01. The minimum absolute atomic E-state index is 0.631. The van der Waals surface area contributed by atoms with Crippen molar-refractivity contribution in [2.45, 2.75) is 13.0 Å². The van der Waals surface area contributed by atoms with Gasteiger partial charge in [0.15, 0.2) is 0 Å². The van der Waals surface area contributed by atoms with Gasteiger partial charge in [-0.15, -0.1) is 6.58 Å². The molecule has 1 aliphatic rings. The Labute approximate surface area is 100 Å². The first kappa shape index (κ1) is 10.0. The smallest absolute Gasteiger partial charge is 0.135 e. The van der Waals surface area contributed by atoms with Gasteiger partial charge in [0.05, 0.1) is 12.2 Å². The molecule has 0 atom stereocenters. The van der Waals surface area contributed by atoms with Gasteiger partial charge in [0.2, 0.25) is 0 Å². The Bertz CT molecular complexity index is 593. The number of allylic oxidation sites excluding steroid dienone is 1.